The number of nitrogens with zero attached hydrogens (tertiary/aromatic N) is 1. The molecule has 0 saturated heterocycles. The van der Waals surface area contributed by atoms with Gasteiger partial charge in [0.2, 0.25) is 0 Å². The molecule has 1 heterocycles. The number of hydrogen-bond acceptors (Lipinski definition) is 5. The molecule has 148 valence electrons. The number of ether oxygens (including phenoxy) is 2. The van der Waals surface area contributed by atoms with Crippen LogP contribution in [-0.4, -0.2) is 29.0 Å². The molecule has 2 aromatic carbocycles. The first-order chi connectivity index (χ1) is 13.4. The van der Waals surface area contributed by atoms with E-state index in [-0.39, 0.29) is 24.4 Å². The number of aliphatic imine (C=N–C) groups is 1. The Balaban J connectivity index is 1.78. The molecule has 1 unspecified atom stereocenters. The van der Waals surface area contributed by atoms with Crippen molar-refractivity contribution >= 4 is 22.8 Å². The van der Waals surface area contributed by atoms with Crippen LogP contribution in [0.15, 0.2) is 47.5 Å². The normalized spacial score (nSPS) is 16.0. The third-order valence-corrected chi connectivity index (χ3v) is 4.90. The summed E-state index contributed by atoms with van der Waals surface area (Å²) in [6.45, 7) is 6.60. The number of benzene rings is 2. The van der Waals surface area contributed by atoms with Crippen molar-refractivity contribution in [2.75, 3.05) is 6.54 Å². The summed E-state index contributed by atoms with van der Waals surface area (Å²) in [4.78, 5) is 17.0. The summed E-state index contributed by atoms with van der Waals surface area (Å²) in [5.41, 5.74) is 0.832. The van der Waals surface area contributed by atoms with Gasteiger partial charge in [-0.15, -0.1) is 0 Å². The Morgan fingerprint density at radius 3 is 2.71 bits per heavy atom. The van der Waals surface area contributed by atoms with E-state index in [0.717, 1.165) is 0 Å². The van der Waals surface area contributed by atoms with Gasteiger partial charge in [0, 0.05) is 22.4 Å². The van der Waals surface area contributed by atoms with Crippen molar-refractivity contribution < 1.29 is 18.7 Å². The van der Waals surface area contributed by atoms with E-state index in [1.165, 1.54) is 17.8 Å². The molecule has 1 atom stereocenters. The van der Waals surface area contributed by atoms with Crippen molar-refractivity contribution in [1.29, 1.82) is 0 Å². The predicted molar refractivity (Wildman–Crippen MR) is 110 cm³/mol. The summed E-state index contributed by atoms with van der Waals surface area (Å²) in [6.07, 6.45) is -0.0617. The van der Waals surface area contributed by atoms with Crippen LogP contribution >= 0.6 is 11.8 Å². The van der Waals surface area contributed by atoms with Crippen molar-refractivity contribution in [3.63, 3.8) is 0 Å². The second-order valence-electron chi connectivity index (χ2n) is 6.77. The molecule has 0 aliphatic carbocycles. The number of rotatable bonds is 6. The molecule has 0 radical (unpaired) electrons. The van der Waals surface area contributed by atoms with Gasteiger partial charge in [-0.25, -0.2) is 4.39 Å². The molecule has 1 aliphatic rings. The minimum absolute atomic E-state index is 0.0545. The lowest BCUT2D eigenvalue weighted by Gasteiger charge is -2.14. The number of carbonyl (C=O) groups is 1. The quantitative estimate of drug-likeness (QED) is 0.777. The van der Waals surface area contributed by atoms with Gasteiger partial charge in [-0.3, -0.25) is 9.79 Å². The second kappa shape index (κ2) is 9.10. The first kappa shape index (κ1) is 20.2. The molecule has 7 heteroatoms. The maximum absolute atomic E-state index is 13.8. The molecule has 28 heavy (non-hydrogen) atoms. The van der Waals surface area contributed by atoms with Crippen molar-refractivity contribution in [2.24, 2.45) is 4.99 Å². The van der Waals surface area contributed by atoms with E-state index in [1.54, 1.807) is 36.4 Å². The van der Waals surface area contributed by atoms with E-state index in [2.05, 4.69) is 17.2 Å². The van der Waals surface area contributed by atoms with Crippen LogP contribution in [0.5, 0.6) is 11.5 Å². The minimum atomic E-state index is -0.333. The zero-order chi connectivity index (χ0) is 20.1. The molecule has 0 spiro atoms. The van der Waals surface area contributed by atoms with Gasteiger partial charge in [0.25, 0.3) is 5.91 Å². The lowest BCUT2D eigenvalue weighted by molar-refractivity contribution is 0.0976. The Morgan fingerprint density at radius 2 is 2.04 bits per heavy atom. The summed E-state index contributed by atoms with van der Waals surface area (Å²) in [5, 5.41) is 3.78. The van der Waals surface area contributed by atoms with Gasteiger partial charge in [-0.2, -0.15) is 0 Å². The topological polar surface area (TPSA) is 59.9 Å². The minimum Gasteiger partial charge on any atom is -0.491 e. The van der Waals surface area contributed by atoms with E-state index < -0.39 is 0 Å². The van der Waals surface area contributed by atoms with Gasteiger partial charge in [-0.05, 0) is 32.0 Å². The smallest absolute Gasteiger partial charge is 0.257 e. The summed E-state index contributed by atoms with van der Waals surface area (Å²) in [5.74, 6) is 0.326. The molecule has 5 nitrogen and oxygen atoms in total. The molecular formula is C21H23FN2O3S. The number of amides is 1. The fraction of sp³-hybridized carbons (Fsp3) is 0.333. The van der Waals surface area contributed by atoms with Crippen LogP contribution < -0.4 is 14.8 Å². The number of nitrogens with one attached hydrogen (secondary N) is 1. The van der Waals surface area contributed by atoms with E-state index in [9.17, 15) is 9.18 Å². The molecule has 0 bridgehead atoms. The molecule has 1 amide bonds. The second-order valence-corrected chi connectivity index (χ2v) is 8.20. The van der Waals surface area contributed by atoms with Crippen LogP contribution in [0.3, 0.4) is 0 Å². The number of thioether (sulfide) groups is 1. The largest absolute Gasteiger partial charge is 0.491 e. The highest BCUT2D eigenvalue weighted by molar-refractivity contribution is 8.14. The van der Waals surface area contributed by atoms with Crippen LogP contribution in [0.25, 0.3) is 0 Å². The van der Waals surface area contributed by atoms with E-state index in [1.807, 2.05) is 13.8 Å². The van der Waals surface area contributed by atoms with Crippen molar-refractivity contribution in [1.82, 2.24) is 5.32 Å². The van der Waals surface area contributed by atoms with Gasteiger partial charge >= 0.3 is 0 Å². The van der Waals surface area contributed by atoms with Gasteiger partial charge in [0.15, 0.2) is 5.17 Å². The number of carbonyl (C=O) groups excluding carboxylic acids is 1. The predicted octanol–water partition coefficient (Wildman–Crippen LogP) is 4.41. The number of amidine groups is 1. The van der Waals surface area contributed by atoms with Gasteiger partial charge in [0.05, 0.1) is 12.6 Å². The Bertz CT molecular complexity index is 886. The Hall–Kier alpha value is -2.54. The van der Waals surface area contributed by atoms with Crippen molar-refractivity contribution in [3.05, 3.63) is 59.4 Å². The van der Waals surface area contributed by atoms with Crippen LogP contribution in [0.1, 0.15) is 36.7 Å². The Morgan fingerprint density at radius 1 is 1.29 bits per heavy atom. The number of hydrogen-bond donors (Lipinski definition) is 1. The monoisotopic (exact) mass is 402 g/mol. The van der Waals surface area contributed by atoms with Crippen molar-refractivity contribution in [3.8, 4) is 11.5 Å². The third-order valence-electron chi connectivity index (χ3n) is 3.89. The first-order valence-electron chi connectivity index (χ1n) is 9.11. The Labute approximate surface area is 168 Å². The number of halogens is 1. The molecule has 1 aliphatic heterocycles. The molecule has 3 rings (SSSR count). The van der Waals surface area contributed by atoms with Crippen LogP contribution in [0.2, 0.25) is 0 Å². The average molecular weight is 402 g/mol. The first-order valence-corrected chi connectivity index (χ1v) is 9.99. The highest BCUT2D eigenvalue weighted by atomic mass is 32.2. The van der Waals surface area contributed by atoms with E-state index in [4.69, 9.17) is 9.47 Å². The van der Waals surface area contributed by atoms with Crippen LogP contribution in [-0.2, 0) is 6.61 Å². The molecule has 0 saturated carbocycles. The lowest BCUT2D eigenvalue weighted by Crippen LogP contribution is -2.27. The third kappa shape index (κ3) is 5.48. The summed E-state index contributed by atoms with van der Waals surface area (Å²) in [6, 6.07) is 11.4. The lowest BCUT2D eigenvalue weighted by atomic mass is 10.2. The highest BCUT2D eigenvalue weighted by Gasteiger charge is 2.19. The van der Waals surface area contributed by atoms with E-state index in [0.29, 0.717) is 39.6 Å². The SMILES string of the molecule is CC(C)Oc1cc(OCc2ccccc2F)cc(C(=O)NC2=NCC(C)S2)c1. The van der Waals surface area contributed by atoms with Gasteiger partial charge < -0.3 is 14.8 Å². The van der Waals surface area contributed by atoms with Crippen molar-refractivity contribution in [2.45, 2.75) is 38.7 Å². The fourth-order valence-corrected chi connectivity index (χ4v) is 3.45. The van der Waals surface area contributed by atoms with E-state index >= 15 is 0 Å². The Kier molecular flexibility index (Phi) is 6.57. The van der Waals surface area contributed by atoms with Crippen LogP contribution in [0.4, 0.5) is 4.39 Å². The highest BCUT2D eigenvalue weighted by Crippen LogP contribution is 2.26. The molecular weight excluding hydrogens is 379 g/mol. The maximum atomic E-state index is 13.8. The zero-order valence-corrected chi connectivity index (χ0v) is 16.9. The summed E-state index contributed by atoms with van der Waals surface area (Å²) in [7, 11) is 0. The standard InChI is InChI=1S/C21H23FN2O3S/c1-13(2)27-18-9-16(20(25)24-21-23-11-14(3)28-21)8-17(10-18)26-12-15-6-4-5-7-19(15)22/h4-10,13-14H,11-12H2,1-3H3,(H,23,24,25). The molecule has 0 fully saturated rings. The molecule has 0 aromatic heterocycles. The fourth-order valence-electron chi connectivity index (χ4n) is 2.62. The molecule has 2 aromatic rings. The maximum Gasteiger partial charge on any atom is 0.257 e. The molecule has 1 N–H and O–H groups in total. The van der Waals surface area contributed by atoms with Crippen LogP contribution in [0, 0.1) is 5.82 Å². The zero-order valence-electron chi connectivity index (χ0n) is 16.1. The summed E-state index contributed by atoms with van der Waals surface area (Å²) >= 11 is 1.53. The average Bonchev–Trinajstić information content (AvgIpc) is 3.05. The van der Waals surface area contributed by atoms with Gasteiger partial charge in [-0.1, -0.05) is 36.9 Å². The van der Waals surface area contributed by atoms with Gasteiger partial charge in [0.1, 0.15) is 23.9 Å². The summed E-state index contributed by atoms with van der Waals surface area (Å²) < 4.78 is 25.3.